The molecule has 0 saturated carbocycles. The second kappa shape index (κ2) is 13.0. The quantitative estimate of drug-likeness (QED) is 0.208. The third-order valence-corrected chi connectivity index (χ3v) is 5.29. The molecule has 0 fully saturated rings. The summed E-state index contributed by atoms with van der Waals surface area (Å²) in [4.78, 5) is 12.4. The van der Waals surface area contributed by atoms with Gasteiger partial charge in [0.1, 0.15) is 11.5 Å². The maximum absolute atomic E-state index is 12.4. The van der Waals surface area contributed by atoms with E-state index in [1.54, 1.807) is 6.07 Å². The first-order chi connectivity index (χ1) is 14.2. The van der Waals surface area contributed by atoms with Gasteiger partial charge in [0.2, 0.25) is 0 Å². The zero-order chi connectivity index (χ0) is 20.9. The lowest BCUT2D eigenvalue weighted by molar-refractivity contribution is 0.151. The molecule has 0 saturated heterocycles. The Bertz CT molecular complexity index is 751. The molecular formula is C26H36O3. The van der Waals surface area contributed by atoms with Crippen LogP contribution in [0.25, 0.3) is 0 Å². The summed E-state index contributed by atoms with van der Waals surface area (Å²) in [7, 11) is 0. The first-order valence-electron chi connectivity index (χ1n) is 11.2. The summed E-state index contributed by atoms with van der Waals surface area (Å²) in [5.41, 5.74) is 3.38. The minimum atomic E-state index is -0.669. The van der Waals surface area contributed by atoms with Crippen LogP contribution in [0, 0.1) is 6.92 Å². The third-order valence-electron chi connectivity index (χ3n) is 5.29. The van der Waals surface area contributed by atoms with E-state index in [4.69, 9.17) is 9.47 Å². The van der Waals surface area contributed by atoms with Gasteiger partial charge in [-0.1, -0.05) is 82.7 Å². The summed E-state index contributed by atoms with van der Waals surface area (Å²) in [6.45, 7) is 6.37. The molecule has 29 heavy (non-hydrogen) atoms. The van der Waals surface area contributed by atoms with E-state index in [0.29, 0.717) is 11.5 Å². The van der Waals surface area contributed by atoms with E-state index in [9.17, 15) is 4.79 Å². The molecule has 0 aliphatic heterocycles. The number of aryl methyl sites for hydroxylation is 2. The molecule has 2 aromatic carbocycles. The lowest BCUT2D eigenvalue weighted by Crippen LogP contribution is -2.16. The van der Waals surface area contributed by atoms with Crippen molar-refractivity contribution in [1.29, 1.82) is 0 Å². The fraction of sp³-hybridized carbons (Fsp3) is 0.500. The molecule has 0 atom stereocenters. The smallest absolute Gasteiger partial charge is 0.394 e. The molecule has 3 nitrogen and oxygen atoms in total. The Morgan fingerprint density at radius 2 is 1.34 bits per heavy atom. The SMILES string of the molecule is CCCCCCc1cccc(OC(=O)Oc2ccccc2C)c1CCCCCC. The van der Waals surface area contributed by atoms with E-state index in [0.717, 1.165) is 24.8 Å². The van der Waals surface area contributed by atoms with E-state index in [1.807, 2.05) is 37.3 Å². The topological polar surface area (TPSA) is 35.5 Å². The van der Waals surface area contributed by atoms with E-state index in [1.165, 1.54) is 56.1 Å². The number of ether oxygens (including phenoxy) is 2. The Hall–Kier alpha value is -2.29. The number of unbranched alkanes of at least 4 members (excludes halogenated alkanes) is 6. The highest BCUT2D eigenvalue weighted by molar-refractivity contribution is 5.68. The number of hydrogen-bond donors (Lipinski definition) is 0. The van der Waals surface area contributed by atoms with Crippen molar-refractivity contribution < 1.29 is 14.3 Å². The van der Waals surface area contributed by atoms with Gasteiger partial charge in [-0.15, -0.1) is 0 Å². The molecule has 0 radical (unpaired) electrons. The van der Waals surface area contributed by atoms with Crippen molar-refractivity contribution in [3.05, 3.63) is 59.2 Å². The van der Waals surface area contributed by atoms with Crippen LogP contribution in [0.5, 0.6) is 11.5 Å². The molecule has 158 valence electrons. The summed E-state index contributed by atoms with van der Waals surface area (Å²) in [6, 6.07) is 13.5. The number of benzene rings is 2. The van der Waals surface area contributed by atoms with Gasteiger partial charge in [-0.2, -0.15) is 0 Å². The average Bonchev–Trinajstić information content (AvgIpc) is 2.71. The summed E-state index contributed by atoms with van der Waals surface area (Å²) < 4.78 is 11.1. The molecule has 0 heterocycles. The summed E-state index contributed by atoms with van der Waals surface area (Å²) in [5, 5.41) is 0. The zero-order valence-corrected chi connectivity index (χ0v) is 18.3. The van der Waals surface area contributed by atoms with Gasteiger partial charge in [0, 0.05) is 0 Å². The monoisotopic (exact) mass is 396 g/mol. The first kappa shape index (κ1) is 23.0. The predicted molar refractivity (Wildman–Crippen MR) is 120 cm³/mol. The minimum Gasteiger partial charge on any atom is -0.394 e. The number of para-hydroxylation sites is 1. The molecule has 0 N–H and O–H groups in total. The molecule has 2 aromatic rings. The van der Waals surface area contributed by atoms with E-state index >= 15 is 0 Å². The molecule has 0 aliphatic rings. The lowest BCUT2D eigenvalue weighted by atomic mass is 9.96. The van der Waals surface area contributed by atoms with Gasteiger partial charge in [0.05, 0.1) is 0 Å². The highest BCUT2D eigenvalue weighted by Gasteiger charge is 2.15. The Morgan fingerprint density at radius 1 is 0.724 bits per heavy atom. The molecule has 0 spiro atoms. The van der Waals surface area contributed by atoms with Gasteiger partial charge in [0.25, 0.3) is 0 Å². The fourth-order valence-electron chi connectivity index (χ4n) is 3.57. The van der Waals surface area contributed by atoms with Crippen LogP contribution in [0.2, 0.25) is 0 Å². The van der Waals surface area contributed by atoms with Crippen LogP contribution in [-0.4, -0.2) is 6.16 Å². The van der Waals surface area contributed by atoms with Crippen molar-refractivity contribution in [3.63, 3.8) is 0 Å². The zero-order valence-electron chi connectivity index (χ0n) is 18.3. The predicted octanol–water partition coefficient (Wildman–Crippen LogP) is 7.82. The van der Waals surface area contributed by atoms with E-state index in [-0.39, 0.29) is 0 Å². The molecule has 0 bridgehead atoms. The number of carbonyl (C=O) groups excluding carboxylic acids is 1. The molecule has 3 heteroatoms. The molecule has 0 unspecified atom stereocenters. The normalized spacial score (nSPS) is 10.7. The largest absolute Gasteiger partial charge is 0.519 e. The van der Waals surface area contributed by atoms with Gasteiger partial charge in [0.15, 0.2) is 0 Å². The third kappa shape index (κ3) is 7.92. The van der Waals surface area contributed by atoms with Crippen LogP contribution in [-0.2, 0) is 12.8 Å². The number of hydrogen-bond acceptors (Lipinski definition) is 3. The van der Waals surface area contributed by atoms with Crippen LogP contribution >= 0.6 is 0 Å². The maximum atomic E-state index is 12.4. The highest BCUT2D eigenvalue weighted by atomic mass is 16.7. The van der Waals surface area contributed by atoms with Gasteiger partial charge < -0.3 is 9.47 Å². The van der Waals surface area contributed by atoms with Crippen molar-refractivity contribution in [2.45, 2.75) is 85.0 Å². The van der Waals surface area contributed by atoms with Crippen molar-refractivity contribution >= 4 is 6.16 Å². The minimum absolute atomic E-state index is 0.540. The Balaban J connectivity index is 2.10. The second-order valence-electron chi connectivity index (χ2n) is 7.73. The van der Waals surface area contributed by atoms with Crippen molar-refractivity contribution in [2.75, 3.05) is 0 Å². The van der Waals surface area contributed by atoms with Gasteiger partial charge >= 0.3 is 6.16 Å². The van der Waals surface area contributed by atoms with Crippen LogP contribution in [0.15, 0.2) is 42.5 Å². The van der Waals surface area contributed by atoms with Crippen LogP contribution in [0.1, 0.15) is 81.9 Å². The fourth-order valence-corrected chi connectivity index (χ4v) is 3.57. The van der Waals surface area contributed by atoms with E-state index < -0.39 is 6.16 Å². The van der Waals surface area contributed by atoms with E-state index in [2.05, 4.69) is 19.9 Å². The van der Waals surface area contributed by atoms with Crippen LogP contribution in [0.4, 0.5) is 4.79 Å². The first-order valence-corrected chi connectivity index (χ1v) is 11.2. The highest BCUT2D eigenvalue weighted by Crippen LogP contribution is 2.27. The van der Waals surface area contributed by atoms with Crippen molar-refractivity contribution in [3.8, 4) is 11.5 Å². The summed E-state index contributed by atoms with van der Waals surface area (Å²) in [6.07, 6.45) is 11.0. The van der Waals surface area contributed by atoms with Crippen LogP contribution < -0.4 is 9.47 Å². The lowest BCUT2D eigenvalue weighted by Gasteiger charge is -2.15. The molecule has 0 aromatic heterocycles. The van der Waals surface area contributed by atoms with Gasteiger partial charge in [-0.05, 0) is 61.4 Å². The summed E-state index contributed by atoms with van der Waals surface area (Å²) in [5.74, 6) is 1.19. The standard InChI is InChI=1S/C26H36O3/c1-4-6-8-10-16-22-17-14-20-25(23(22)18-11-9-7-5-2)29-26(27)28-24-19-13-12-15-21(24)3/h12-15,17,19-20H,4-11,16,18H2,1-3H3. The maximum Gasteiger partial charge on any atom is 0.519 e. The van der Waals surface area contributed by atoms with Gasteiger partial charge in [-0.3, -0.25) is 0 Å². The average molecular weight is 397 g/mol. The second-order valence-corrected chi connectivity index (χ2v) is 7.73. The Morgan fingerprint density at radius 3 is 2.03 bits per heavy atom. The molecule has 0 amide bonds. The van der Waals surface area contributed by atoms with Crippen molar-refractivity contribution in [1.82, 2.24) is 0 Å². The Kier molecular flexibility index (Phi) is 10.3. The number of rotatable bonds is 12. The van der Waals surface area contributed by atoms with Gasteiger partial charge in [-0.25, -0.2) is 4.79 Å². The number of carbonyl (C=O) groups is 1. The molecular weight excluding hydrogens is 360 g/mol. The molecule has 2 rings (SSSR count). The van der Waals surface area contributed by atoms with Crippen molar-refractivity contribution in [2.24, 2.45) is 0 Å². The summed E-state index contributed by atoms with van der Waals surface area (Å²) >= 11 is 0. The Labute approximate surface area is 176 Å². The van der Waals surface area contributed by atoms with Crippen LogP contribution in [0.3, 0.4) is 0 Å². The molecule has 0 aliphatic carbocycles.